The minimum Gasteiger partial charge on any atom is -0.460 e. The van der Waals surface area contributed by atoms with Crippen molar-refractivity contribution in [2.75, 3.05) is 6.61 Å². The number of carbonyl (C=O) groups is 1. The summed E-state index contributed by atoms with van der Waals surface area (Å²) in [5.74, 6) is -0.452. The molecular weight excluding hydrogens is 182 g/mol. The molecule has 0 rings (SSSR count). The number of isocyanates is 1. The molecule has 0 aliphatic heterocycles. The molecule has 0 aromatic heterocycles. The summed E-state index contributed by atoms with van der Waals surface area (Å²) in [6, 6.07) is -0.277. The summed E-state index contributed by atoms with van der Waals surface area (Å²) >= 11 is 0. The Labute approximate surface area is 83.7 Å². The second kappa shape index (κ2) is 7.04. The molecule has 0 N–H and O–H groups in total. The summed E-state index contributed by atoms with van der Waals surface area (Å²) < 4.78 is 4.86. The third-order valence-electron chi connectivity index (χ3n) is 1.61. The number of hydrogen-bond acceptors (Lipinski definition) is 4. The van der Waals surface area contributed by atoms with Gasteiger partial charge in [-0.1, -0.05) is 19.9 Å². The molecule has 0 saturated heterocycles. The van der Waals surface area contributed by atoms with Crippen molar-refractivity contribution >= 4 is 12.0 Å². The first-order chi connectivity index (χ1) is 6.61. The van der Waals surface area contributed by atoms with Gasteiger partial charge in [-0.15, -0.1) is 0 Å². The molecule has 0 fully saturated rings. The molecule has 14 heavy (non-hydrogen) atoms. The molecule has 1 atom stereocenters. The van der Waals surface area contributed by atoms with E-state index < -0.39 is 5.97 Å². The fourth-order valence-corrected chi connectivity index (χ4v) is 0.888. The van der Waals surface area contributed by atoms with Crippen LogP contribution in [0.15, 0.2) is 17.1 Å². The van der Waals surface area contributed by atoms with Crippen LogP contribution >= 0.6 is 0 Å². The Balaban J connectivity index is 3.99. The van der Waals surface area contributed by atoms with Crippen LogP contribution in [0.1, 0.15) is 26.7 Å². The quantitative estimate of drug-likeness (QED) is 0.281. The van der Waals surface area contributed by atoms with Gasteiger partial charge >= 0.3 is 5.97 Å². The second-order valence-electron chi connectivity index (χ2n) is 3.04. The van der Waals surface area contributed by atoms with Gasteiger partial charge < -0.3 is 4.74 Å². The van der Waals surface area contributed by atoms with Crippen molar-refractivity contribution < 1.29 is 14.3 Å². The highest BCUT2D eigenvalue weighted by molar-refractivity contribution is 5.86. The Bertz CT molecular complexity index is 254. The summed E-state index contributed by atoms with van der Waals surface area (Å²) in [7, 11) is 0. The van der Waals surface area contributed by atoms with Crippen LogP contribution in [0.2, 0.25) is 0 Å². The van der Waals surface area contributed by atoms with E-state index in [0.717, 1.165) is 6.42 Å². The molecule has 1 unspecified atom stereocenters. The highest BCUT2D eigenvalue weighted by Gasteiger charge is 2.10. The molecule has 0 radical (unpaired) electrons. The third-order valence-corrected chi connectivity index (χ3v) is 1.61. The first kappa shape index (κ1) is 12.6. The van der Waals surface area contributed by atoms with Crippen LogP contribution in [-0.4, -0.2) is 24.7 Å². The maximum Gasteiger partial charge on any atom is 0.333 e. The molecule has 4 nitrogen and oxygen atoms in total. The largest absolute Gasteiger partial charge is 0.460 e. The molecule has 0 spiro atoms. The van der Waals surface area contributed by atoms with Crippen molar-refractivity contribution in [2.24, 2.45) is 4.99 Å². The molecular formula is C10H15NO3. The first-order valence-corrected chi connectivity index (χ1v) is 4.51. The summed E-state index contributed by atoms with van der Waals surface area (Å²) in [6.07, 6.45) is 3.05. The van der Waals surface area contributed by atoms with Crippen LogP contribution in [0.3, 0.4) is 0 Å². The summed E-state index contributed by atoms with van der Waals surface area (Å²) in [5, 5.41) is 0. The maximum absolute atomic E-state index is 11.0. The molecule has 0 bridgehead atoms. The van der Waals surface area contributed by atoms with Gasteiger partial charge in [0.1, 0.15) is 6.61 Å². The maximum atomic E-state index is 11.0. The zero-order valence-corrected chi connectivity index (χ0v) is 8.58. The predicted octanol–water partition coefficient (Wildman–Crippen LogP) is 1.61. The minimum atomic E-state index is -0.452. The molecule has 0 aliphatic rings. The van der Waals surface area contributed by atoms with E-state index in [4.69, 9.17) is 4.74 Å². The Morgan fingerprint density at radius 1 is 1.64 bits per heavy atom. The van der Waals surface area contributed by atoms with Crippen LogP contribution in [0.4, 0.5) is 0 Å². The molecule has 0 aromatic rings. The Kier molecular flexibility index (Phi) is 6.33. The zero-order chi connectivity index (χ0) is 11.0. The lowest BCUT2D eigenvalue weighted by molar-refractivity contribution is -0.139. The molecule has 0 heterocycles. The number of carbonyl (C=O) groups excluding carboxylic acids is 2. The van der Waals surface area contributed by atoms with Crippen molar-refractivity contribution in [1.29, 1.82) is 0 Å². The topological polar surface area (TPSA) is 55.7 Å². The monoisotopic (exact) mass is 197 g/mol. The SMILES string of the molecule is C=C(C)C(=O)OCC(CCC)N=C=O. The predicted molar refractivity (Wildman–Crippen MR) is 52.6 cm³/mol. The van der Waals surface area contributed by atoms with Crippen LogP contribution in [0.25, 0.3) is 0 Å². The number of hydrogen-bond donors (Lipinski definition) is 0. The summed E-state index contributed by atoms with van der Waals surface area (Å²) in [5.41, 5.74) is 0.343. The van der Waals surface area contributed by atoms with E-state index in [1.165, 1.54) is 6.08 Å². The Hall–Kier alpha value is -1.41. The third kappa shape index (κ3) is 5.27. The molecule has 0 aromatic carbocycles. The van der Waals surface area contributed by atoms with Crippen molar-refractivity contribution in [3.05, 3.63) is 12.2 Å². The standard InChI is InChI=1S/C10H15NO3/c1-4-5-9(11-7-12)6-14-10(13)8(2)3/h9H,2,4-6H2,1,3H3. The summed E-state index contributed by atoms with van der Waals surface area (Å²) in [4.78, 5) is 24.5. The molecule has 0 aliphatic carbocycles. The number of rotatable bonds is 6. The molecule has 0 amide bonds. The van der Waals surface area contributed by atoms with E-state index in [1.54, 1.807) is 6.92 Å². The molecule has 0 saturated carbocycles. The van der Waals surface area contributed by atoms with Gasteiger partial charge in [-0.05, 0) is 13.3 Å². The number of aliphatic imine (C=N–C) groups is 1. The normalized spacial score (nSPS) is 11.3. The number of ether oxygens (including phenoxy) is 1. The Morgan fingerprint density at radius 2 is 2.29 bits per heavy atom. The minimum absolute atomic E-state index is 0.120. The van der Waals surface area contributed by atoms with Gasteiger partial charge in [0.2, 0.25) is 6.08 Å². The van der Waals surface area contributed by atoms with Gasteiger partial charge in [0.15, 0.2) is 0 Å². The lowest BCUT2D eigenvalue weighted by atomic mass is 10.2. The van der Waals surface area contributed by atoms with E-state index in [1.807, 2.05) is 6.92 Å². The molecule has 4 heteroatoms. The van der Waals surface area contributed by atoms with Crippen molar-refractivity contribution in [3.8, 4) is 0 Å². The molecule has 78 valence electrons. The fraction of sp³-hybridized carbons (Fsp3) is 0.600. The van der Waals surface area contributed by atoms with Crippen molar-refractivity contribution in [3.63, 3.8) is 0 Å². The van der Waals surface area contributed by atoms with E-state index in [0.29, 0.717) is 12.0 Å². The van der Waals surface area contributed by atoms with Gasteiger partial charge in [-0.25, -0.2) is 9.59 Å². The van der Waals surface area contributed by atoms with Gasteiger partial charge in [0.25, 0.3) is 0 Å². The van der Waals surface area contributed by atoms with E-state index >= 15 is 0 Å². The van der Waals surface area contributed by atoms with Gasteiger partial charge in [0.05, 0.1) is 6.04 Å². The lowest BCUT2D eigenvalue weighted by Crippen LogP contribution is -2.17. The Morgan fingerprint density at radius 3 is 2.71 bits per heavy atom. The van der Waals surface area contributed by atoms with Gasteiger partial charge in [0, 0.05) is 5.57 Å². The highest BCUT2D eigenvalue weighted by atomic mass is 16.5. The van der Waals surface area contributed by atoms with E-state index in [9.17, 15) is 9.59 Å². The first-order valence-electron chi connectivity index (χ1n) is 4.51. The fourth-order valence-electron chi connectivity index (χ4n) is 0.888. The van der Waals surface area contributed by atoms with Gasteiger partial charge in [-0.3, -0.25) is 0 Å². The van der Waals surface area contributed by atoms with Crippen LogP contribution < -0.4 is 0 Å². The number of nitrogens with zero attached hydrogens (tertiary/aromatic N) is 1. The van der Waals surface area contributed by atoms with Crippen molar-refractivity contribution in [1.82, 2.24) is 0 Å². The number of esters is 1. The van der Waals surface area contributed by atoms with E-state index in [-0.39, 0.29) is 12.6 Å². The van der Waals surface area contributed by atoms with Crippen LogP contribution in [0.5, 0.6) is 0 Å². The highest BCUT2D eigenvalue weighted by Crippen LogP contribution is 2.03. The summed E-state index contributed by atoms with van der Waals surface area (Å²) in [6.45, 7) is 7.10. The zero-order valence-electron chi connectivity index (χ0n) is 8.58. The average Bonchev–Trinajstić information content (AvgIpc) is 2.14. The average molecular weight is 197 g/mol. The van der Waals surface area contributed by atoms with Crippen molar-refractivity contribution in [2.45, 2.75) is 32.7 Å². The second-order valence-corrected chi connectivity index (χ2v) is 3.04. The van der Waals surface area contributed by atoms with Crippen LogP contribution in [0, 0.1) is 0 Å². The van der Waals surface area contributed by atoms with E-state index in [2.05, 4.69) is 11.6 Å². The lowest BCUT2D eigenvalue weighted by Gasteiger charge is -2.09. The van der Waals surface area contributed by atoms with Gasteiger partial charge in [-0.2, -0.15) is 4.99 Å². The van der Waals surface area contributed by atoms with Crippen LogP contribution in [-0.2, 0) is 14.3 Å². The smallest absolute Gasteiger partial charge is 0.333 e.